The number of nitrogens with one attached hydrogen (secondary N) is 2. The van der Waals surface area contributed by atoms with Crippen molar-refractivity contribution < 1.29 is 14.3 Å². The van der Waals surface area contributed by atoms with Crippen molar-refractivity contribution in [2.24, 2.45) is 5.92 Å². The van der Waals surface area contributed by atoms with Gasteiger partial charge >= 0.3 is 0 Å². The standard InChI is InChI=1S/C24H33N3O3/c1-5-27(6-2)24(29)19-7-9-20(10-8-19)25-17-23(28)26-21-11-13-22(14-12-21)30-16-15-18(3)4/h7-14,18,25H,5-6,15-17H2,1-4H3,(H,26,28). The zero-order valence-electron chi connectivity index (χ0n) is 18.4. The molecule has 2 N–H and O–H groups in total. The Bertz CT molecular complexity index is 797. The van der Waals surface area contributed by atoms with Crippen LogP contribution in [0.15, 0.2) is 48.5 Å². The molecule has 0 heterocycles. The topological polar surface area (TPSA) is 70.7 Å². The number of ether oxygens (including phenoxy) is 1. The molecular formula is C24H33N3O3. The van der Waals surface area contributed by atoms with Gasteiger partial charge in [0.2, 0.25) is 5.91 Å². The van der Waals surface area contributed by atoms with Crippen molar-refractivity contribution in [1.82, 2.24) is 4.90 Å². The third-order valence-electron chi connectivity index (χ3n) is 4.74. The van der Waals surface area contributed by atoms with Gasteiger partial charge in [-0.2, -0.15) is 0 Å². The highest BCUT2D eigenvalue weighted by Crippen LogP contribution is 2.17. The Morgan fingerprint density at radius 3 is 2.10 bits per heavy atom. The summed E-state index contributed by atoms with van der Waals surface area (Å²) in [6.07, 6.45) is 1.01. The van der Waals surface area contributed by atoms with E-state index >= 15 is 0 Å². The molecule has 0 aliphatic heterocycles. The molecule has 162 valence electrons. The normalized spacial score (nSPS) is 10.6. The highest BCUT2D eigenvalue weighted by Gasteiger charge is 2.12. The second-order valence-electron chi connectivity index (χ2n) is 7.51. The molecule has 0 aromatic heterocycles. The third-order valence-corrected chi connectivity index (χ3v) is 4.74. The lowest BCUT2D eigenvalue weighted by molar-refractivity contribution is -0.114. The number of hydrogen-bond donors (Lipinski definition) is 2. The number of hydrogen-bond acceptors (Lipinski definition) is 4. The molecule has 0 spiro atoms. The van der Waals surface area contributed by atoms with Crippen molar-refractivity contribution in [2.75, 3.05) is 36.9 Å². The summed E-state index contributed by atoms with van der Waals surface area (Å²) in [4.78, 5) is 26.3. The van der Waals surface area contributed by atoms with Gasteiger partial charge in [-0.15, -0.1) is 0 Å². The van der Waals surface area contributed by atoms with E-state index in [1.54, 1.807) is 17.0 Å². The van der Waals surface area contributed by atoms with Crippen molar-refractivity contribution in [1.29, 1.82) is 0 Å². The average molecular weight is 412 g/mol. The Labute approximate surface area is 179 Å². The minimum Gasteiger partial charge on any atom is -0.494 e. The van der Waals surface area contributed by atoms with E-state index in [1.165, 1.54) is 0 Å². The van der Waals surface area contributed by atoms with Crippen LogP contribution in [0.4, 0.5) is 11.4 Å². The van der Waals surface area contributed by atoms with E-state index in [1.807, 2.05) is 50.2 Å². The van der Waals surface area contributed by atoms with E-state index in [4.69, 9.17) is 4.74 Å². The van der Waals surface area contributed by atoms with Gasteiger partial charge in [-0.05, 0) is 74.7 Å². The predicted molar refractivity (Wildman–Crippen MR) is 122 cm³/mol. The van der Waals surface area contributed by atoms with Gasteiger partial charge in [0.05, 0.1) is 13.2 Å². The van der Waals surface area contributed by atoms with E-state index in [2.05, 4.69) is 24.5 Å². The molecule has 0 fully saturated rings. The lowest BCUT2D eigenvalue weighted by Gasteiger charge is -2.18. The van der Waals surface area contributed by atoms with Gasteiger partial charge in [0.25, 0.3) is 5.91 Å². The van der Waals surface area contributed by atoms with Crippen LogP contribution < -0.4 is 15.4 Å². The fraction of sp³-hybridized carbons (Fsp3) is 0.417. The maximum Gasteiger partial charge on any atom is 0.253 e. The fourth-order valence-electron chi connectivity index (χ4n) is 2.86. The molecule has 2 aromatic rings. The number of benzene rings is 2. The summed E-state index contributed by atoms with van der Waals surface area (Å²) in [6.45, 7) is 10.4. The first kappa shape index (κ1) is 23.3. The Kier molecular flexibility index (Phi) is 9.19. The summed E-state index contributed by atoms with van der Waals surface area (Å²) < 4.78 is 5.69. The smallest absolute Gasteiger partial charge is 0.253 e. The highest BCUT2D eigenvalue weighted by molar-refractivity contribution is 5.95. The molecule has 30 heavy (non-hydrogen) atoms. The van der Waals surface area contributed by atoms with Crippen molar-refractivity contribution >= 4 is 23.2 Å². The first-order valence-corrected chi connectivity index (χ1v) is 10.6. The van der Waals surface area contributed by atoms with Gasteiger partial charge in [0.15, 0.2) is 0 Å². The largest absolute Gasteiger partial charge is 0.494 e. The monoisotopic (exact) mass is 411 g/mol. The highest BCUT2D eigenvalue weighted by atomic mass is 16.5. The van der Waals surface area contributed by atoms with Gasteiger partial charge < -0.3 is 20.3 Å². The number of carbonyl (C=O) groups excluding carboxylic acids is 2. The second kappa shape index (κ2) is 11.9. The van der Waals surface area contributed by atoms with Crippen LogP contribution in [0, 0.1) is 5.92 Å². The van der Waals surface area contributed by atoms with E-state index in [0.717, 1.165) is 23.5 Å². The van der Waals surface area contributed by atoms with Crippen molar-refractivity contribution in [3.05, 3.63) is 54.1 Å². The first-order valence-electron chi connectivity index (χ1n) is 10.6. The summed E-state index contributed by atoms with van der Waals surface area (Å²) in [7, 11) is 0. The van der Waals surface area contributed by atoms with Crippen LogP contribution in [0.1, 0.15) is 44.5 Å². The number of nitrogens with zero attached hydrogens (tertiary/aromatic N) is 1. The molecule has 6 nitrogen and oxygen atoms in total. The molecule has 0 unspecified atom stereocenters. The van der Waals surface area contributed by atoms with E-state index in [9.17, 15) is 9.59 Å². The third kappa shape index (κ3) is 7.43. The second-order valence-corrected chi connectivity index (χ2v) is 7.51. The van der Waals surface area contributed by atoms with Crippen LogP contribution in [0.3, 0.4) is 0 Å². The number of anilines is 2. The summed E-state index contributed by atoms with van der Waals surface area (Å²) in [5, 5.41) is 5.93. The van der Waals surface area contributed by atoms with Crippen molar-refractivity contribution in [3.63, 3.8) is 0 Å². The predicted octanol–water partition coefficient (Wildman–Crippen LogP) is 4.64. The molecule has 0 atom stereocenters. The SMILES string of the molecule is CCN(CC)C(=O)c1ccc(NCC(=O)Nc2ccc(OCCC(C)C)cc2)cc1. The number of rotatable bonds is 11. The van der Waals surface area contributed by atoms with Crippen molar-refractivity contribution in [2.45, 2.75) is 34.1 Å². The molecule has 0 aliphatic rings. The molecule has 2 aromatic carbocycles. The van der Waals surface area contributed by atoms with Crippen molar-refractivity contribution in [3.8, 4) is 5.75 Å². The fourth-order valence-corrected chi connectivity index (χ4v) is 2.86. The van der Waals surface area contributed by atoms with E-state index in [-0.39, 0.29) is 18.4 Å². The van der Waals surface area contributed by atoms with Gasteiger partial charge in [-0.1, -0.05) is 13.8 Å². The summed E-state index contributed by atoms with van der Waals surface area (Å²) in [6, 6.07) is 14.6. The molecule has 0 radical (unpaired) electrons. The number of carbonyl (C=O) groups is 2. The molecule has 0 saturated heterocycles. The Balaban J connectivity index is 1.79. The zero-order valence-corrected chi connectivity index (χ0v) is 18.4. The van der Waals surface area contributed by atoms with Gasteiger partial charge in [0, 0.05) is 30.0 Å². The maximum atomic E-state index is 12.3. The molecule has 2 rings (SSSR count). The van der Waals surface area contributed by atoms with Crippen LogP contribution >= 0.6 is 0 Å². The zero-order chi connectivity index (χ0) is 21.9. The summed E-state index contributed by atoms with van der Waals surface area (Å²) in [5.41, 5.74) is 2.15. The van der Waals surface area contributed by atoms with E-state index in [0.29, 0.717) is 31.2 Å². The van der Waals surface area contributed by atoms with Gasteiger partial charge in [0.1, 0.15) is 5.75 Å². The molecule has 0 saturated carbocycles. The lowest BCUT2D eigenvalue weighted by atomic mass is 10.1. The molecule has 2 amide bonds. The van der Waals surface area contributed by atoms with Gasteiger partial charge in [-0.3, -0.25) is 9.59 Å². The van der Waals surface area contributed by atoms with E-state index < -0.39 is 0 Å². The van der Waals surface area contributed by atoms with Crippen LogP contribution in [0.2, 0.25) is 0 Å². The summed E-state index contributed by atoms with van der Waals surface area (Å²) >= 11 is 0. The minimum absolute atomic E-state index is 0.0147. The van der Waals surface area contributed by atoms with Crippen LogP contribution in [0.25, 0.3) is 0 Å². The van der Waals surface area contributed by atoms with Crippen LogP contribution in [-0.2, 0) is 4.79 Å². The Hall–Kier alpha value is -3.02. The first-order chi connectivity index (χ1) is 14.4. The molecule has 6 heteroatoms. The minimum atomic E-state index is -0.147. The van der Waals surface area contributed by atoms with Gasteiger partial charge in [-0.25, -0.2) is 0 Å². The Morgan fingerprint density at radius 2 is 1.53 bits per heavy atom. The Morgan fingerprint density at radius 1 is 0.933 bits per heavy atom. The summed E-state index contributed by atoms with van der Waals surface area (Å²) in [5.74, 6) is 1.27. The lowest BCUT2D eigenvalue weighted by Crippen LogP contribution is -2.30. The van der Waals surface area contributed by atoms with Crippen LogP contribution in [0.5, 0.6) is 5.75 Å². The molecular weight excluding hydrogens is 378 g/mol. The molecule has 0 aliphatic carbocycles. The quantitative estimate of drug-likeness (QED) is 0.565. The van der Waals surface area contributed by atoms with Crippen LogP contribution in [-0.4, -0.2) is 43.0 Å². The maximum absolute atomic E-state index is 12.3. The molecule has 0 bridgehead atoms. The number of amides is 2. The average Bonchev–Trinajstić information content (AvgIpc) is 2.74.